The van der Waals surface area contributed by atoms with E-state index in [1.807, 2.05) is 37.8 Å². The van der Waals surface area contributed by atoms with Crippen LogP contribution in [-0.4, -0.2) is 48.9 Å². The summed E-state index contributed by atoms with van der Waals surface area (Å²) in [4.78, 5) is 16.7. The van der Waals surface area contributed by atoms with Crippen molar-refractivity contribution < 1.29 is 14.3 Å². The second-order valence-electron chi connectivity index (χ2n) is 7.38. The highest BCUT2D eigenvalue weighted by atomic mass is 16.6. The molecule has 0 N–H and O–H groups in total. The van der Waals surface area contributed by atoms with Crippen LogP contribution >= 0.6 is 0 Å². The van der Waals surface area contributed by atoms with Gasteiger partial charge in [0.2, 0.25) is 0 Å². The Bertz CT molecular complexity index is 568. The van der Waals surface area contributed by atoms with Crippen molar-refractivity contribution in [2.45, 2.75) is 51.3 Å². The highest BCUT2D eigenvalue weighted by molar-refractivity contribution is 5.69. The van der Waals surface area contributed by atoms with Crippen molar-refractivity contribution in [2.24, 2.45) is 0 Å². The van der Waals surface area contributed by atoms with Crippen LogP contribution in [0.2, 0.25) is 0 Å². The Kier molecular flexibility index (Phi) is 4.13. The van der Waals surface area contributed by atoms with Gasteiger partial charge in [0.05, 0.1) is 7.11 Å². The molecule has 0 saturated carbocycles. The van der Waals surface area contributed by atoms with Crippen LogP contribution < -0.4 is 9.64 Å². The predicted molar refractivity (Wildman–Crippen MR) is 90.1 cm³/mol. The zero-order valence-corrected chi connectivity index (χ0v) is 14.4. The number of carbonyl (C=O) groups excluding carboxylic acids is 1. The fraction of sp³-hybridized carbons (Fsp3) is 0.611. The molecule has 0 aromatic heterocycles. The zero-order chi connectivity index (χ0) is 16.6. The van der Waals surface area contributed by atoms with Gasteiger partial charge in [-0.25, -0.2) is 4.79 Å². The normalized spacial score (nSPS) is 23.8. The van der Waals surface area contributed by atoms with E-state index in [1.165, 1.54) is 5.69 Å². The number of rotatable bonds is 2. The van der Waals surface area contributed by atoms with Crippen molar-refractivity contribution in [3.05, 3.63) is 24.3 Å². The lowest BCUT2D eigenvalue weighted by Gasteiger charge is -2.42. The van der Waals surface area contributed by atoms with Crippen LogP contribution in [0.25, 0.3) is 0 Å². The molecule has 1 aromatic carbocycles. The Labute approximate surface area is 138 Å². The smallest absolute Gasteiger partial charge is 0.410 e. The van der Waals surface area contributed by atoms with Crippen LogP contribution in [0.15, 0.2) is 24.3 Å². The summed E-state index contributed by atoms with van der Waals surface area (Å²) >= 11 is 0. The molecule has 1 amide bonds. The van der Waals surface area contributed by atoms with Crippen molar-refractivity contribution in [2.75, 3.05) is 25.1 Å². The number of fused-ring (bicyclic) bond motifs is 2. The Morgan fingerprint density at radius 2 is 1.83 bits per heavy atom. The van der Waals surface area contributed by atoms with Crippen molar-refractivity contribution in [1.82, 2.24) is 4.90 Å². The molecule has 2 bridgehead atoms. The topological polar surface area (TPSA) is 42.0 Å². The summed E-state index contributed by atoms with van der Waals surface area (Å²) in [6.07, 6.45) is 2.03. The minimum atomic E-state index is -0.444. The number of anilines is 1. The van der Waals surface area contributed by atoms with E-state index in [0.29, 0.717) is 12.1 Å². The van der Waals surface area contributed by atoms with E-state index in [4.69, 9.17) is 9.47 Å². The summed E-state index contributed by atoms with van der Waals surface area (Å²) in [5, 5.41) is 0. The predicted octanol–water partition coefficient (Wildman–Crippen LogP) is 3.28. The lowest BCUT2D eigenvalue weighted by atomic mass is 10.1. The number of carbonyl (C=O) groups is 1. The lowest BCUT2D eigenvalue weighted by Crippen LogP contribution is -2.56. The molecule has 2 saturated heterocycles. The van der Waals surface area contributed by atoms with Crippen molar-refractivity contribution in [1.29, 1.82) is 0 Å². The van der Waals surface area contributed by atoms with Crippen LogP contribution in [0, 0.1) is 0 Å². The van der Waals surface area contributed by atoms with Crippen LogP contribution in [0.5, 0.6) is 5.75 Å². The van der Waals surface area contributed by atoms with Gasteiger partial charge in [-0.1, -0.05) is 6.07 Å². The van der Waals surface area contributed by atoms with E-state index in [2.05, 4.69) is 17.0 Å². The zero-order valence-electron chi connectivity index (χ0n) is 14.4. The molecular formula is C18H26N2O3. The van der Waals surface area contributed by atoms with Crippen molar-refractivity contribution in [3.8, 4) is 5.75 Å². The molecule has 0 radical (unpaired) electrons. The summed E-state index contributed by atoms with van der Waals surface area (Å²) < 4.78 is 10.9. The first-order valence-corrected chi connectivity index (χ1v) is 8.28. The maximum atomic E-state index is 12.3. The number of hydrogen-bond donors (Lipinski definition) is 0. The monoisotopic (exact) mass is 318 g/mol. The molecule has 0 aliphatic carbocycles. The van der Waals surface area contributed by atoms with E-state index in [0.717, 1.165) is 31.7 Å². The van der Waals surface area contributed by atoms with E-state index in [9.17, 15) is 4.79 Å². The molecule has 2 aliphatic heterocycles. The molecule has 2 atom stereocenters. The van der Waals surface area contributed by atoms with E-state index in [-0.39, 0.29) is 6.09 Å². The molecule has 5 heteroatoms. The Morgan fingerprint density at radius 1 is 1.17 bits per heavy atom. The molecule has 2 unspecified atom stereocenters. The van der Waals surface area contributed by atoms with E-state index in [1.54, 1.807) is 7.11 Å². The number of piperazine rings is 1. The van der Waals surface area contributed by atoms with Gasteiger partial charge in [0.15, 0.2) is 0 Å². The van der Waals surface area contributed by atoms with Crippen molar-refractivity contribution >= 4 is 11.8 Å². The fourth-order valence-electron chi connectivity index (χ4n) is 3.57. The highest BCUT2D eigenvalue weighted by Crippen LogP contribution is 2.36. The van der Waals surface area contributed by atoms with Gasteiger partial charge < -0.3 is 19.3 Å². The SMILES string of the molecule is COc1cccc(N2C3CCC2CN(C(=O)OC(C)(C)C)C3)c1. The van der Waals surface area contributed by atoms with E-state index < -0.39 is 5.60 Å². The maximum absolute atomic E-state index is 12.3. The third kappa shape index (κ3) is 3.38. The first kappa shape index (κ1) is 16.0. The number of nitrogens with zero attached hydrogens (tertiary/aromatic N) is 2. The van der Waals surface area contributed by atoms with Gasteiger partial charge in [-0.15, -0.1) is 0 Å². The molecule has 5 nitrogen and oxygen atoms in total. The van der Waals surface area contributed by atoms with E-state index >= 15 is 0 Å². The molecule has 3 rings (SSSR count). The first-order chi connectivity index (χ1) is 10.9. The van der Waals surface area contributed by atoms with Crippen LogP contribution in [0.3, 0.4) is 0 Å². The second-order valence-corrected chi connectivity index (χ2v) is 7.38. The van der Waals surface area contributed by atoms with Gasteiger partial charge in [-0.3, -0.25) is 0 Å². The summed E-state index contributed by atoms with van der Waals surface area (Å²) in [5.74, 6) is 0.872. The van der Waals surface area contributed by atoms with Gasteiger partial charge >= 0.3 is 6.09 Å². The third-order valence-electron chi connectivity index (χ3n) is 4.49. The summed E-state index contributed by atoms with van der Waals surface area (Å²) in [7, 11) is 1.69. The van der Waals surface area contributed by atoms with Crippen LogP contribution in [-0.2, 0) is 4.74 Å². The highest BCUT2D eigenvalue weighted by Gasteiger charge is 2.42. The van der Waals surface area contributed by atoms with Gasteiger partial charge in [-0.05, 0) is 45.7 Å². The number of hydrogen-bond acceptors (Lipinski definition) is 4. The van der Waals surface area contributed by atoms with Gasteiger partial charge in [0.25, 0.3) is 0 Å². The number of ether oxygens (including phenoxy) is 2. The van der Waals surface area contributed by atoms with Crippen molar-refractivity contribution in [3.63, 3.8) is 0 Å². The molecule has 2 aliphatic rings. The minimum Gasteiger partial charge on any atom is -0.497 e. The number of methoxy groups -OCH3 is 1. The molecule has 23 heavy (non-hydrogen) atoms. The maximum Gasteiger partial charge on any atom is 0.410 e. The first-order valence-electron chi connectivity index (χ1n) is 8.28. The number of likely N-dealkylation sites (tertiary alicyclic amines) is 1. The Morgan fingerprint density at radius 3 is 2.39 bits per heavy atom. The minimum absolute atomic E-state index is 0.195. The molecule has 1 aromatic rings. The Hall–Kier alpha value is -1.91. The fourth-order valence-corrected chi connectivity index (χ4v) is 3.57. The number of benzene rings is 1. The summed E-state index contributed by atoms with van der Waals surface area (Å²) in [5.41, 5.74) is 0.737. The summed E-state index contributed by atoms with van der Waals surface area (Å²) in [6.45, 7) is 7.18. The Balaban J connectivity index is 1.73. The average molecular weight is 318 g/mol. The lowest BCUT2D eigenvalue weighted by molar-refractivity contribution is 0.0209. The molecule has 0 spiro atoms. The standard InChI is InChI=1S/C18H26N2O3/c1-18(2,3)23-17(21)19-11-14-8-9-15(12-19)20(14)13-6-5-7-16(10-13)22-4/h5-7,10,14-15H,8-9,11-12H2,1-4H3. The van der Waals surface area contributed by atoms with Gasteiger partial charge in [-0.2, -0.15) is 0 Å². The largest absolute Gasteiger partial charge is 0.497 e. The van der Waals surface area contributed by atoms with Crippen LogP contribution in [0.4, 0.5) is 10.5 Å². The molecule has 126 valence electrons. The van der Waals surface area contributed by atoms with Gasteiger partial charge in [0.1, 0.15) is 11.4 Å². The molecular weight excluding hydrogens is 292 g/mol. The quantitative estimate of drug-likeness (QED) is 0.839. The summed E-state index contributed by atoms with van der Waals surface area (Å²) in [6, 6.07) is 8.89. The van der Waals surface area contributed by atoms with Crippen LogP contribution in [0.1, 0.15) is 33.6 Å². The number of amides is 1. The second kappa shape index (κ2) is 5.95. The average Bonchev–Trinajstić information content (AvgIpc) is 2.75. The third-order valence-corrected chi connectivity index (χ3v) is 4.49. The van der Waals surface area contributed by atoms with Gasteiger partial charge in [0, 0.05) is 36.9 Å². The molecule has 2 fully saturated rings. The molecule has 2 heterocycles.